The third kappa shape index (κ3) is 5.51. The predicted molar refractivity (Wildman–Crippen MR) is 95.9 cm³/mol. The molecule has 0 aliphatic heterocycles. The second-order valence-electron chi connectivity index (χ2n) is 5.48. The Morgan fingerprint density at radius 2 is 2.04 bits per heavy atom. The molecule has 0 spiro atoms. The summed E-state index contributed by atoms with van der Waals surface area (Å²) in [5.41, 5.74) is 5.42. The van der Waals surface area contributed by atoms with Crippen LogP contribution in [-0.2, 0) is 11.3 Å². The summed E-state index contributed by atoms with van der Waals surface area (Å²) in [6.07, 6.45) is -3.96. The topological polar surface area (TPSA) is 161 Å². The monoisotopic (exact) mass is 396 g/mol. The van der Waals surface area contributed by atoms with Crippen molar-refractivity contribution in [2.45, 2.75) is 18.8 Å². The summed E-state index contributed by atoms with van der Waals surface area (Å²) in [6.45, 7) is -0.353. The van der Waals surface area contributed by atoms with E-state index in [2.05, 4.69) is 10.3 Å². The highest BCUT2D eigenvalue weighted by Crippen LogP contribution is 2.30. The van der Waals surface area contributed by atoms with E-state index in [-0.39, 0.29) is 23.9 Å². The maximum Gasteiger partial charge on any atom is 0.407 e. The van der Waals surface area contributed by atoms with Gasteiger partial charge in [0.15, 0.2) is 0 Å². The van der Waals surface area contributed by atoms with E-state index >= 15 is 0 Å². The summed E-state index contributed by atoms with van der Waals surface area (Å²) >= 11 is 5.83. The maximum absolute atomic E-state index is 11.7. The number of nitrogens with two attached hydrogens (primary N) is 1. The van der Waals surface area contributed by atoms with Crippen molar-refractivity contribution in [3.8, 4) is 0 Å². The Morgan fingerprint density at radius 1 is 1.37 bits per heavy atom. The number of nitro groups is 1. The Morgan fingerprint density at radius 3 is 2.67 bits per heavy atom. The zero-order valence-electron chi connectivity index (χ0n) is 13.9. The van der Waals surface area contributed by atoms with Gasteiger partial charge in [0.05, 0.1) is 4.92 Å². The van der Waals surface area contributed by atoms with Crippen LogP contribution in [0, 0.1) is 10.1 Å². The lowest BCUT2D eigenvalue weighted by molar-refractivity contribution is -0.384. The van der Waals surface area contributed by atoms with Crippen LogP contribution in [-0.4, -0.2) is 38.9 Å². The number of benzene rings is 1. The summed E-state index contributed by atoms with van der Waals surface area (Å²) < 4.78 is 4.97. The molecule has 0 aliphatic rings. The second-order valence-corrected chi connectivity index (χ2v) is 5.84. The van der Waals surface area contributed by atoms with Crippen LogP contribution in [0.3, 0.4) is 0 Å². The number of hydrogen-bond donors (Lipinski definition) is 4. The van der Waals surface area contributed by atoms with E-state index in [1.165, 1.54) is 0 Å². The van der Waals surface area contributed by atoms with Gasteiger partial charge in [-0.1, -0.05) is 41.9 Å². The first kappa shape index (κ1) is 20.4. The molecule has 0 fully saturated rings. The fourth-order valence-electron chi connectivity index (χ4n) is 2.14. The molecule has 27 heavy (non-hydrogen) atoms. The van der Waals surface area contributed by atoms with E-state index in [9.17, 15) is 25.1 Å². The smallest absolute Gasteiger partial charge is 0.407 e. The van der Waals surface area contributed by atoms with Gasteiger partial charge < -0.3 is 26.0 Å². The zero-order valence-corrected chi connectivity index (χ0v) is 14.7. The number of amides is 1. The van der Waals surface area contributed by atoms with Gasteiger partial charge in [-0.2, -0.15) is 0 Å². The van der Waals surface area contributed by atoms with Crippen LogP contribution < -0.4 is 11.1 Å². The first-order chi connectivity index (χ1) is 12.8. The van der Waals surface area contributed by atoms with Crippen LogP contribution in [0.15, 0.2) is 36.4 Å². The van der Waals surface area contributed by atoms with Crippen molar-refractivity contribution in [2.24, 2.45) is 0 Å². The van der Waals surface area contributed by atoms with Gasteiger partial charge >= 0.3 is 11.8 Å². The molecule has 144 valence electrons. The first-order valence-corrected chi connectivity index (χ1v) is 8.08. The lowest BCUT2D eigenvalue weighted by Gasteiger charge is -2.19. The number of ether oxygens (including phenoxy) is 1. The lowest BCUT2D eigenvalue weighted by atomic mass is 10.1. The number of aromatic nitrogens is 1. The number of pyridine rings is 1. The van der Waals surface area contributed by atoms with Gasteiger partial charge in [0.1, 0.15) is 24.0 Å². The molecule has 0 saturated carbocycles. The molecule has 10 nitrogen and oxygen atoms in total. The second kappa shape index (κ2) is 9.12. The van der Waals surface area contributed by atoms with E-state index in [0.29, 0.717) is 0 Å². The van der Waals surface area contributed by atoms with E-state index in [1.807, 2.05) is 6.07 Å². The Balaban J connectivity index is 1.93. The molecule has 2 atom stereocenters. The van der Waals surface area contributed by atoms with Crippen molar-refractivity contribution >= 4 is 29.2 Å². The minimum Gasteiger partial charge on any atom is -0.445 e. The summed E-state index contributed by atoms with van der Waals surface area (Å²) in [4.78, 5) is 25.4. The van der Waals surface area contributed by atoms with Crippen LogP contribution in [0.25, 0.3) is 0 Å². The van der Waals surface area contributed by atoms with Gasteiger partial charge in [0, 0.05) is 18.2 Å². The van der Waals surface area contributed by atoms with Gasteiger partial charge in [0.25, 0.3) is 0 Å². The van der Waals surface area contributed by atoms with Crippen LogP contribution in [0.5, 0.6) is 0 Å². The van der Waals surface area contributed by atoms with E-state index in [4.69, 9.17) is 22.1 Å². The number of hydrogen-bond acceptors (Lipinski definition) is 8. The number of anilines is 1. The van der Waals surface area contributed by atoms with Crippen molar-refractivity contribution in [2.75, 3.05) is 12.3 Å². The Kier molecular flexibility index (Phi) is 6.88. The lowest BCUT2D eigenvalue weighted by Crippen LogP contribution is -2.36. The minimum absolute atomic E-state index is 0.0330. The maximum atomic E-state index is 11.7. The van der Waals surface area contributed by atoms with Gasteiger partial charge in [-0.15, -0.1) is 0 Å². The van der Waals surface area contributed by atoms with E-state index in [0.717, 1.165) is 11.6 Å². The third-order valence-electron chi connectivity index (χ3n) is 3.56. The van der Waals surface area contributed by atoms with Crippen molar-refractivity contribution in [1.82, 2.24) is 10.3 Å². The van der Waals surface area contributed by atoms with Crippen LogP contribution in [0.1, 0.15) is 17.2 Å². The van der Waals surface area contributed by atoms with Gasteiger partial charge in [0.2, 0.25) is 5.82 Å². The molecule has 2 rings (SSSR count). The van der Waals surface area contributed by atoms with Crippen molar-refractivity contribution in [3.63, 3.8) is 0 Å². The van der Waals surface area contributed by atoms with Crippen molar-refractivity contribution in [1.29, 1.82) is 0 Å². The van der Waals surface area contributed by atoms with E-state index in [1.54, 1.807) is 24.3 Å². The number of nitrogen functional groups attached to an aromatic ring is 1. The molecule has 1 aromatic heterocycles. The van der Waals surface area contributed by atoms with Crippen LogP contribution >= 0.6 is 11.6 Å². The fraction of sp³-hybridized carbons (Fsp3) is 0.250. The average Bonchev–Trinajstić information content (AvgIpc) is 2.64. The molecule has 0 aliphatic carbocycles. The molecule has 1 aromatic carbocycles. The number of rotatable bonds is 7. The number of aliphatic hydroxyl groups is 2. The number of carbonyl (C=O) groups excluding carboxylic acids is 1. The first-order valence-electron chi connectivity index (χ1n) is 7.70. The molecule has 5 N–H and O–H groups in total. The summed E-state index contributed by atoms with van der Waals surface area (Å²) in [5, 5.41) is 33.1. The molecule has 2 aromatic rings. The molecule has 1 heterocycles. The van der Waals surface area contributed by atoms with Gasteiger partial charge in [-0.25, -0.2) is 9.78 Å². The highest BCUT2D eigenvalue weighted by molar-refractivity contribution is 6.30. The summed E-state index contributed by atoms with van der Waals surface area (Å²) in [7, 11) is 0. The number of nitrogens with one attached hydrogen (secondary N) is 1. The normalized spacial score (nSPS) is 12.9. The summed E-state index contributed by atoms with van der Waals surface area (Å²) in [5.74, 6) is -0.418. The third-order valence-corrected chi connectivity index (χ3v) is 3.86. The molecule has 1 amide bonds. The molecule has 2 unspecified atom stereocenters. The Hall–Kier alpha value is -2.95. The standard InChI is InChI=1S/C16H17ClN4O6/c17-14-10(6-11(21(25)26)15(18)20-14)13(23)12(22)7-19-16(24)27-8-9-4-2-1-3-5-9/h1-6,12-13,22-23H,7-8H2,(H2,18,20)(H,19,24). The largest absolute Gasteiger partial charge is 0.445 e. The number of halogens is 1. The van der Waals surface area contributed by atoms with Crippen LogP contribution in [0.4, 0.5) is 16.3 Å². The molecule has 0 radical (unpaired) electrons. The molecule has 0 bridgehead atoms. The quantitative estimate of drug-likeness (QED) is 0.311. The fourth-order valence-corrected chi connectivity index (χ4v) is 2.40. The van der Waals surface area contributed by atoms with Gasteiger partial charge in [-0.05, 0) is 5.56 Å². The highest BCUT2D eigenvalue weighted by atomic mass is 35.5. The minimum atomic E-state index is -1.64. The molecule has 11 heteroatoms. The Labute approximate surface area is 158 Å². The predicted octanol–water partition coefficient (Wildman–Crippen LogP) is 1.55. The molecule has 0 saturated heterocycles. The van der Waals surface area contributed by atoms with Gasteiger partial charge in [-0.3, -0.25) is 10.1 Å². The zero-order chi connectivity index (χ0) is 20.0. The van der Waals surface area contributed by atoms with Crippen molar-refractivity contribution < 1.29 is 24.7 Å². The van der Waals surface area contributed by atoms with E-state index < -0.39 is 34.7 Å². The average molecular weight is 397 g/mol. The Bertz CT molecular complexity index is 820. The molecular formula is C16H17ClN4O6. The van der Waals surface area contributed by atoms with Crippen molar-refractivity contribution in [3.05, 3.63) is 62.8 Å². The number of carbonyl (C=O) groups is 1. The van der Waals surface area contributed by atoms with Crippen LogP contribution in [0.2, 0.25) is 5.15 Å². The highest BCUT2D eigenvalue weighted by Gasteiger charge is 2.26. The molecular weight excluding hydrogens is 380 g/mol. The number of aliphatic hydroxyl groups excluding tert-OH is 2. The number of nitrogens with zero attached hydrogens (tertiary/aromatic N) is 2. The SMILES string of the molecule is Nc1nc(Cl)c(C(O)C(O)CNC(=O)OCc2ccccc2)cc1[N+](=O)[O-]. The number of alkyl carbamates (subject to hydrolysis) is 1. The summed E-state index contributed by atoms with van der Waals surface area (Å²) in [6, 6.07) is 9.87.